The zero-order valence-corrected chi connectivity index (χ0v) is 21.1. The van der Waals surface area contributed by atoms with E-state index in [2.05, 4.69) is 26.2 Å². The van der Waals surface area contributed by atoms with Crippen LogP contribution in [-0.4, -0.2) is 49.1 Å². The molecule has 0 aliphatic carbocycles. The van der Waals surface area contributed by atoms with E-state index in [1.807, 2.05) is 30.3 Å². The Balaban J connectivity index is 1.53. The van der Waals surface area contributed by atoms with Gasteiger partial charge in [-0.25, -0.2) is 4.79 Å². The van der Waals surface area contributed by atoms with E-state index in [1.54, 1.807) is 24.3 Å². The predicted molar refractivity (Wildman–Crippen MR) is 142 cm³/mol. The first-order chi connectivity index (χ1) is 18.3. The minimum Gasteiger partial charge on any atom is -0.478 e. The smallest absolute Gasteiger partial charge is 0.337 e. The molecule has 3 aromatic carbocycles. The summed E-state index contributed by atoms with van der Waals surface area (Å²) in [5, 5.41) is 26.1. The van der Waals surface area contributed by atoms with Crippen molar-refractivity contribution in [1.82, 2.24) is 25.5 Å². The summed E-state index contributed by atoms with van der Waals surface area (Å²) >= 11 is 12.2. The molecule has 0 spiro atoms. The molecule has 0 unspecified atom stereocenters. The summed E-state index contributed by atoms with van der Waals surface area (Å²) < 4.78 is 1.43. The van der Waals surface area contributed by atoms with Crippen LogP contribution in [0.25, 0.3) is 11.8 Å². The van der Waals surface area contributed by atoms with Crippen LogP contribution in [0.4, 0.5) is 5.69 Å². The average molecular weight is 551 g/mol. The third-order valence-corrected chi connectivity index (χ3v) is 5.93. The second kappa shape index (κ2) is 12.1. The zero-order chi connectivity index (χ0) is 27.1. The molecule has 3 N–H and O–H groups in total. The van der Waals surface area contributed by atoms with Gasteiger partial charge in [-0.2, -0.15) is 4.68 Å². The Hall–Kier alpha value is -4.54. The van der Waals surface area contributed by atoms with E-state index in [0.717, 1.165) is 5.56 Å². The van der Waals surface area contributed by atoms with E-state index in [-0.39, 0.29) is 22.7 Å². The van der Waals surface area contributed by atoms with Gasteiger partial charge < -0.3 is 15.7 Å². The summed E-state index contributed by atoms with van der Waals surface area (Å²) in [6.45, 7) is 0. The number of carboxylic acids is 1. The minimum absolute atomic E-state index is 0.0261. The van der Waals surface area contributed by atoms with Gasteiger partial charge in [0.2, 0.25) is 11.8 Å². The standard InChI is InChI=1S/C26H20Cl2N6O4/c27-18-7-10-23(34-15-29-32-33-34)17(13-18)6-11-24(35)31-22(12-16-4-2-1-3-5-16)25(36)30-19-8-9-20(26(37)38)21(28)14-19/h1-11,13-15,22H,12H2,(H,30,36)(H,31,35)(H,37,38)/t22-/m0/s1. The number of aromatic carboxylic acids is 1. The Bertz CT molecular complexity index is 1490. The van der Waals surface area contributed by atoms with Crippen LogP contribution in [0.5, 0.6) is 0 Å². The molecular weight excluding hydrogens is 531 g/mol. The Kier molecular flexibility index (Phi) is 8.47. The molecule has 0 aliphatic rings. The molecule has 0 aliphatic heterocycles. The lowest BCUT2D eigenvalue weighted by atomic mass is 10.0. The second-order valence-electron chi connectivity index (χ2n) is 8.03. The van der Waals surface area contributed by atoms with Crippen LogP contribution in [0, 0.1) is 0 Å². The Morgan fingerprint density at radius 1 is 1.03 bits per heavy atom. The molecule has 2 amide bonds. The Morgan fingerprint density at radius 2 is 1.82 bits per heavy atom. The lowest BCUT2D eigenvalue weighted by Crippen LogP contribution is -2.44. The van der Waals surface area contributed by atoms with E-state index >= 15 is 0 Å². The van der Waals surface area contributed by atoms with Crippen molar-refractivity contribution in [3.8, 4) is 5.69 Å². The molecule has 0 fully saturated rings. The number of halogens is 2. The molecule has 38 heavy (non-hydrogen) atoms. The second-order valence-corrected chi connectivity index (χ2v) is 8.87. The Labute approximate surface area is 226 Å². The molecule has 10 nitrogen and oxygen atoms in total. The normalized spacial score (nSPS) is 11.7. The van der Waals surface area contributed by atoms with Crippen molar-refractivity contribution in [3.63, 3.8) is 0 Å². The van der Waals surface area contributed by atoms with Gasteiger partial charge in [0, 0.05) is 28.8 Å². The fraction of sp³-hybridized carbons (Fsp3) is 0.0769. The van der Waals surface area contributed by atoms with Crippen LogP contribution >= 0.6 is 23.2 Å². The molecule has 0 bridgehead atoms. The third kappa shape index (κ3) is 6.81. The number of rotatable bonds is 9. The van der Waals surface area contributed by atoms with Crippen LogP contribution in [0.15, 0.2) is 79.1 Å². The molecule has 12 heteroatoms. The van der Waals surface area contributed by atoms with Gasteiger partial charge in [0.05, 0.1) is 16.3 Å². The quantitative estimate of drug-likeness (QED) is 0.267. The molecule has 0 radical (unpaired) electrons. The van der Waals surface area contributed by atoms with Crippen LogP contribution in [0.1, 0.15) is 21.5 Å². The fourth-order valence-electron chi connectivity index (χ4n) is 3.58. The van der Waals surface area contributed by atoms with E-state index in [9.17, 15) is 14.4 Å². The van der Waals surface area contributed by atoms with Gasteiger partial charge in [0.15, 0.2) is 0 Å². The van der Waals surface area contributed by atoms with Crippen molar-refractivity contribution in [2.75, 3.05) is 5.32 Å². The third-order valence-electron chi connectivity index (χ3n) is 5.38. The van der Waals surface area contributed by atoms with E-state index < -0.39 is 23.8 Å². The van der Waals surface area contributed by atoms with Crippen molar-refractivity contribution >= 4 is 52.7 Å². The highest BCUT2D eigenvalue weighted by Crippen LogP contribution is 2.22. The van der Waals surface area contributed by atoms with Crippen LogP contribution in [-0.2, 0) is 16.0 Å². The molecule has 1 heterocycles. The van der Waals surface area contributed by atoms with E-state index in [1.165, 1.54) is 35.3 Å². The number of nitrogens with zero attached hydrogens (tertiary/aromatic N) is 4. The lowest BCUT2D eigenvalue weighted by Gasteiger charge is -2.18. The highest BCUT2D eigenvalue weighted by molar-refractivity contribution is 6.33. The summed E-state index contributed by atoms with van der Waals surface area (Å²) in [7, 11) is 0. The summed E-state index contributed by atoms with van der Waals surface area (Å²) in [6, 6.07) is 17.3. The van der Waals surface area contributed by atoms with Gasteiger partial charge in [-0.3, -0.25) is 9.59 Å². The lowest BCUT2D eigenvalue weighted by molar-refractivity contribution is -0.123. The van der Waals surface area contributed by atoms with Crippen molar-refractivity contribution in [2.45, 2.75) is 12.5 Å². The summed E-state index contributed by atoms with van der Waals surface area (Å²) in [4.78, 5) is 37.3. The maximum Gasteiger partial charge on any atom is 0.337 e. The van der Waals surface area contributed by atoms with Gasteiger partial charge in [-0.05, 0) is 58.5 Å². The summed E-state index contributed by atoms with van der Waals surface area (Å²) in [6.07, 6.45) is 4.44. The maximum atomic E-state index is 13.2. The molecule has 0 saturated carbocycles. The van der Waals surface area contributed by atoms with Gasteiger partial charge >= 0.3 is 5.97 Å². The molecule has 4 aromatic rings. The first kappa shape index (κ1) is 26.5. The maximum absolute atomic E-state index is 13.2. The van der Waals surface area contributed by atoms with Crippen LogP contribution < -0.4 is 10.6 Å². The number of benzene rings is 3. The highest BCUT2D eigenvalue weighted by atomic mass is 35.5. The molecular formula is C26H20Cl2N6O4. The zero-order valence-electron chi connectivity index (χ0n) is 19.6. The number of amides is 2. The number of hydrogen-bond acceptors (Lipinski definition) is 6. The number of anilines is 1. The monoisotopic (exact) mass is 550 g/mol. The Morgan fingerprint density at radius 3 is 2.50 bits per heavy atom. The number of carbonyl (C=O) groups is 3. The molecule has 4 rings (SSSR count). The van der Waals surface area contributed by atoms with Gasteiger partial charge in [-0.1, -0.05) is 53.5 Å². The molecule has 1 atom stereocenters. The molecule has 1 aromatic heterocycles. The minimum atomic E-state index is -1.18. The number of nitrogens with one attached hydrogen (secondary N) is 2. The van der Waals surface area contributed by atoms with E-state index in [0.29, 0.717) is 16.3 Å². The fourth-order valence-corrected chi connectivity index (χ4v) is 4.02. The van der Waals surface area contributed by atoms with Crippen molar-refractivity contribution in [3.05, 3.63) is 106 Å². The molecule has 0 saturated heterocycles. The summed E-state index contributed by atoms with van der Waals surface area (Å²) in [5.41, 5.74) is 2.21. The van der Waals surface area contributed by atoms with Gasteiger partial charge in [0.1, 0.15) is 12.4 Å². The number of carboxylic acid groups (broad SMARTS) is 1. The summed E-state index contributed by atoms with van der Waals surface area (Å²) in [5.74, 6) is -2.22. The first-order valence-corrected chi connectivity index (χ1v) is 11.9. The largest absolute Gasteiger partial charge is 0.478 e. The number of hydrogen-bond donors (Lipinski definition) is 3. The van der Waals surface area contributed by atoms with Gasteiger partial charge in [0.25, 0.3) is 0 Å². The van der Waals surface area contributed by atoms with Crippen molar-refractivity contribution < 1.29 is 19.5 Å². The van der Waals surface area contributed by atoms with Crippen LogP contribution in [0.2, 0.25) is 10.0 Å². The van der Waals surface area contributed by atoms with Gasteiger partial charge in [-0.15, -0.1) is 5.10 Å². The SMILES string of the molecule is O=C(C=Cc1cc(Cl)ccc1-n1cnnn1)N[C@@H](Cc1ccccc1)C(=O)Nc1ccc(C(=O)O)c(Cl)c1. The number of carbonyl (C=O) groups excluding carboxylic acids is 2. The molecule has 192 valence electrons. The highest BCUT2D eigenvalue weighted by Gasteiger charge is 2.21. The average Bonchev–Trinajstić information content (AvgIpc) is 3.42. The predicted octanol–water partition coefficient (Wildman–Crippen LogP) is 4.05. The van der Waals surface area contributed by atoms with Crippen molar-refractivity contribution in [2.24, 2.45) is 0 Å². The van der Waals surface area contributed by atoms with Crippen molar-refractivity contribution in [1.29, 1.82) is 0 Å². The van der Waals surface area contributed by atoms with Crippen LogP contribution in [0.3, 0.4) is 0 Å². The number of tetrazole rings is 1. The van der Waals surface area contributed by atoms with E-state index in [4.69, 9.17) is 28.3 Å². The first-order valence-electron chi connectivity index (χ1n) is 11.2. The topological polar surface area (TPSA) is 139 Å². The number of aromatic nitrogens is 4.